The molecule has 3 nitrogen and oxygen atoms in total. The number of rotatable bonds is 5. The van der Waals surface area contributed by atoms with E-state index in [1.165, 1.54) is 0 Å². The largest absolute Gasteiger partial charge is 0.339 e. The van der Waals surface area contributed by atoms with Crippen molar-refractivity contribution >= 4 is 30.5 Å². The van der Waals surface area contributed by atoms with E-state index >= 15 is 0 Å². The number of nitrogens with zero attached hydrogens (tertiary/aromatic N) is 2. The number of benzene rings is 1. The first kappa shape index (κ1) is 18.9. The minimum Gasteiger partial charge on any atom is -0.339 e. The van der Waals surface area contributed by atoms with Crippen LogP contribution in [-0.2, 0) is 0 Å². The zero-order chi connectivity index (χ0) is 15.9. The standard InChI is InChI=1S/C19H22N2O.ClH/c1-4-21(5-2)19(22)17-12-9-16(10-13-17)11-14-18-8-6-7-15(3)20-18;/h6-14H,4-5H2,1-3H3;1H. The van der Waals surface area contributed by atoms with Gasteiger partial charge in [-0.3, -0.25) is 9.78 Å². The Labute approximate surface area is 144 Å². The average Bonchev–Trinajstić information content (AvgIpc) is 2.54. The molecule has 0 radical (unpaired) electrons. The van der Waals surface area contributed by atoms with Crippen LogP contribution in [0.1, 0.15) is 41.2 Å². The van der Waals surface area contributed by atoms with Gasteiger partial charge in [-0.25, -0.2) is 0 Å². The summed E-state index contributed by atoms with van der Waals surface area (Å²) < 4.78 is 0. The van der Waals surface area contributed by atoms with Crippen LogP contribution in [0.2, 0.25) is 0 Å². The average molecular weight is 331 g/mol. The van der Waals surface area contributed by atoms with Crippen LogP contribution in [0.4, 0.5) is 0 Å². The van der Waals surface area contributed by atoms with Crippen LogP contribution in [0.25, 0.3) is 12.2 Å². The molecule has 1 aromatic heterocycles. The van der Waals surface area contributed by atoms with E-state index in [2.05, 4.69) is 4.98 Å². The van der Waals surface area contributed by atoms with Gasteiger partial charge in [-0.2, -0.15) is 0 Å². The van der Waals surface area contributed by atoms with Crippen LogP contribution in [0.5, 0.6) is 0 Å². The third kappa shape index (κ3) is 5.22. The highest BCUT2D eigenvalue weighted by Gasteiger charge is 2.11. The van der Waals surface area contributed by atoms with Gasteiger partial charge in [0.1, 0.15) is 0 Å². The van der Waals surface area contributed by atoms with Crippen molar-refractivity contribution in [3.63, 3.8) is 0 Å². The summed E-state index contributed by atoms with van der Waals surface area (Å²) in [4.78, 5) is 18.5. The lowest BCUT2D eigenvalue weighted by Gasteiger charge is -2.18. The van der Waals surface area contributed by atoms with Gasteiger partial charge < -0.3 is 4.90 Å². The molecule has 0 atom stereocenters. The fourth-order valence-electron chi connectivity index (χ4n) is 2.27. The lowest BCUT2D eigenvalue weighted by atomic mass is 10.1. The van der Waals surface area contributed by atoms with Gasteiger partial charge in [-0.1, -0.05) is 24.3 Å². The van der Waals surface area contributed by atoms with Crippen molar-refractivity contribution in [1.29, 1.82) is 0 Å². The van der Waals surface area contributed by atoms with Crippen LogP contribution < -0.4 is 0 Å². The molecule has 0 fully saturated rings. The Kier molecular flexibility index (Phi) is 7.49. The van der Waals surface area contributed by atoms with Gasteiger partial charge in [-0.05, 0) is 56.7 Å². The molecule has 0 spiro atoms. The maximum absolute atomic E-state index is 12.2. The number of aromatic nitrogens is 1. The minimum atomic E-state index is 0. The Morgan fingerprint density at radius 3 is 2.26 bits per heavy atom. The lowest BCUT2D eigenvalue weighted by molar-refractivity contribution is 0.0773. The van der Waals surface area contributed by atoms with Crippen LogP contribution in [0.3, 0.4) is 0 Å². The van der Waals surface area contributed by atoms with Crippen molar-refractivity contribution in [1.82, 2.24) is 9.88 Å². The number of halogens is 1. The molecule has 0 N–H and O–H groups in total. The second kappa shape index (κ2) is 9.11. The van der Waals surface area contributed by atoms with E-state index in [1.807, 2.05) is 80.3 Å². The molecule has 122 valence electrons. The number of pyridine rings is 1. The summed E-state index contributed by atoms with van der Waals surface area (Å²) in [6, 6.07) is 13.6. The topological polar surface area (TPSA) is 33.2 Å². The van der Waals surface area contributed by atoms with Gasteiger partial charge in [0.05, 0.1) is 5.69 Å². The van der Waals surface area contributed by atoms with E-state index < -0.39 is 0 Å². The van der Waals surface area contributed by atoms with Crippen molar-refractivity contribution in [3.8, 4) is 0 Å². The molecule has 1 amide bonds. The normalized spacial score (nSPS) is 10.4. The van der Waals surface area contributed by atoms with Crippen LogP contribution in [0, 0.1) is 6.92 Å². The number of carbonyl (C=O) groups excluding carboxylic acids is 1. The highest BCUT2D eigenvalue weighted by molar-refractivity contribution is 5.94. The zero-order valence-corrected chi connectivity index (χ0v) is 14.6. The Morgan fingerprint density at radius 2 is 1.70 bits per heavy atom. The number of hydrogen-bond donors (Lipinski definition) is 0. The van der Waals surface area contributed by atoms with Crippen LogP contribution in [0.15, 0.2) is 42.5 Å². The maximum atomic E-state index is 12.2. The Morgan fingerprint density at radius 1 is 1.04 bits per heavy atom. The quantitative estimate of drug-likeness (QED) is 0.810. The van der Waals surface area contributed by atoms with Crippen LogP contribution in [-0.4, -0.2) is 28.9 Å². The van der Waals surface area contributed by atoms with E-state index in [9.17, 15) is 4.79 Å². The second-order valence-electron chi connectivity index (χ2n) is 5.14. The van der Waals surface area contributed by atoms with E-state index in [0.717, 1.165) is 35.6 Å². The molecule has 0 aliphatic rings. The van der Waals surface area contributed by atoms with Gasteiger partial charge >= 0.3 is 0 Å². The SMILES string of the molecule is CCN(CC)C(=O)c1ccc(C=Cc2cccc(C)n2)cc1.Cl. The summed E-state index contributed by atoms with van der Waals surface area (Å²) in [5.41, 5.74) is 3.72. The molecule has 0 saturated carbocycles. The van der Waals surface area contributed by atoms with E-state index in [-0.39, 0.29) is 18.3 Å². The van der Waals surface area contributed by atoms with Gasteiger partial charge in [-0.15, -0.1) is 12.4 Å². The fraction of sp³-hybridized carbons (Fsp3) is 0.263. The Bertz CT molecular complexity index is 661. The molecule has 1 heterocycles. The number of carbonyl (C=O) groups is 1. The number of aryl methyl sites for hydroxylation is 1. The number of amides is 1. The molecule has 1 aromatic carbocycles. The molecular formula is C19H23ClN2O. The van der Waals surface area contributed by atoms with E-state index in [4.69, 9.17) is 0 Å². The third-order valence-electron chi connectivity index (χ3n) is 3.56. The van der Waals surface area contributed by atoms with E-state index in [0.29, 0.717) is 0 Å². The van der Waals surface area contributed by atoms with Crippen molar-refractivity contribution in [2.24, 2.45) is 0 Å². The summed E-state index contributed by atoms with van der Waals surface area (Å²) in [7, 11) is 0. The monoisotopic (exact) mass is 330 g/mol. The predicted octanol–water partition coefficient (Wildman–Crippen LogP) is 4.46. The Balaban J connectivity index is 0.00000264. The lowest BCUT2D eigenvalue weighted by Crippen LogP contribution is -2.30. The fourth-order valence-corrected chi connectivity index (χ4v) is 2.27. The van der Waals surface area contributed by atoms with Crippen molar-refractivity contribution in [2.45, 2.75) is 20.8 Å². The van der Waals surface area contributed by atoms with Crippen LogP contribution >= 0.6 is 12.4 Å². The van der Waals surface area contributed by atoms with Crippen molar-refractivity contribution in [3.05, 3.63) is 65.0 Å². The number of hydrogen-bond acceptors (Lipinski definition) is 2. The first-order chi connectivity index (χ1) is 10.6. The van der Waals surface area contributed by atoms with Gasteiger partial charge in [0.2, 0.25) is 0 Å². The third-order valence-corrected chi connectivity index (χ3v) is 3.56. The first-order valence-electron chi connectivity index (χ1n) is 7.65. The minimum absolute atomic E-state index is 0. The van der Waals surface area contributed by atoms with Gasteiger partial charge in [0, 0.05) is 24.3 Å². The highest BCUT2D eigenvalue weighted by Crippen LogP contribution is 2.11. The maximum Gasteiger partial charge on any atom is 0.253 e. The zero-order valence-electron chi connectivity index (χ0n) is 13.8. The summed E-state index contributed by atoms with van der Waals surface area (Å²) in [6.45, 7) is 7.43. The van der Waals surface area contributed by atoms with Gasteiger partial charge in [0.25, 0.3) is 5.91 Å². The van der Waals surface area contributed by atoms with Gasteiger partial charge in [0.15, 0.2) is 0 Å². The molecule has 4 heteroatoms. The summed E-state index contributed by atoms with van der Waals surface area (Å²) in [6.07, 6.45) is 3.99. The summed E-state index contributed by atoms with van der Waals surface area (Å²) in [5, 5.41) is 0. The molecule has 0 bridgehead atoms. The molecule has 23 heavy (non-hydrogen) atoms. The molecule has 0 saturated heterocycles. The first-order valence-corrected chi connectivity index (χ1v) is 7.65. The molecule has 2 rings (SSSR count). The Hall–Kier alpha value is -2.13. The molecule has 0 unspecified atom stereocenters. The molecular weight excluding hydrogens is 308 g/mol. The smallest absolute Gasteiger partial charge is 0.253 e. The highest BCUT2D eigenvalue weighted by atomic mass is 35.5. The molecule has 0 aliphatic heterocycles. The molecule has 0 aliphatic carbocycles. The second-order valence-corrected chi connectivity index (χ2v) is 5.14. The predicted molar refractivity (Wildman–Crippen MR) is 98.8 cm³/mol. The van der Waals surface area contributed by atoms with Crippen molar-refractivity contribution in [2.75, 3.05) is 13.1 Å². The van der Waals surface area contributed by atoms with Crippen molar-refractivity contribution < 1.29 is 4.79 Å². The van der Waals surface area contributed by atoms with E-state index in [1.54, 1.807) is 0 Å². The summed E-state index contributed by atoms with van der Waals surface area (Å²) >= 11 is 0. The summed E-state index contributed by atoms with van der Waals surface area (Å²) in [5.74, 6) is 0.0841. The molecule has 2 aromatic rings.